The van der Waals surface area contributed by atoms with Gasteiger partial charge in [-0.2, -0.15) is 0 Å². The molecule has 0 aliphatic carbocycles. The molecule has 84 valence electrons. The summed E-state index contributed by atoms with van der Waals surface area (Å²) in [4.78, 5) is 10.7. The zero-order valence-electron chi connectivity index (χ0n) is 7.87. The van der Waals surface area contributed by atoms with Crippen molar-refractivity contribution in [3.8, 4) is 0 Å². The second-order valence-electron chi connectivity index (χ2n) is 3.21. The van der Waals surface area contributed by atoms with Crippen LogP contribution in [-0.4, -0.2) is 62.8 Å². The lowest BCUT2D eigenvalue weighted by Gasteiger charge is -2.25. The van der Waals surface area contributed by atoms with Crippen molar-refractivity contribution in [1.29, 1.82) is 0 Å². The Morgan fingerprint density at radius 2 is 1.64 bits per heavy atom. The third-order valence-electron chi connectivity index (χ3n) is 2.03. The second-order valence-corrected chi connectivity index (χ2v) is 3.21. The van der Waals surface area contributed by atoms with Crippen molar-refractivity contribution in [2.75, 3.05) is 13.2 Å². The first-order chi connectivity index (χ1) is 6.45. The van der Waals surface area contributed by atoms with Crippen molar-refractivity contribution in [1.82, 2.24) is 0 Å². The van der Waals surface area contributed by atoms with Crippen LogP contribution < -0.4 is 0 Å². The quantitative estimate of drug-likeness (QED) is 0.323. The zero-order chi connectivity index (χ0) is 11.3. The van der Waals surface area contributed by atoms with E-state index in [9.17, 15) is 15.0 Å². The predicted octanol–water partition coefficient (Wildman–Crippen LogP) is -2.74. The van der Waals surface area contributed by atoms with Crippen LogP contribution in [0.2, 0.25) is 0 Å². The molecule has 6 nitrogen and oxygen atoms in total. The molecule has 5 N–H and O–H groups in total. The molecule has 0 aromatic carbocycles. The van der Waals surface area contributed by atoms with Crippen molar-refractivity contribution in [3.63, 3.8) is 0 Å². The molecule has 0 radical (unpaired) electrons. The Kier molecular flexibility index (Phi) is 5.82. The molecule has 0 aromatic rings. The fourth-order valence-electron chi connectivity index (χ4n) is 0.915. The third-order valence-corrected chi connectivity index (χ3v) is 2.03. The second kappa shape index (κ2) is 6.05. The minimum Gasteiger partial charge on any atom is -0.396 e. The average molecular weight is 208 g/mol. The van der Waals surface area contributed by atoms with Gasteiger partial charge in [0.25, 0.3) is 0 Å². The molecule has 0 aliphatic heterocycles. The van der Waals surface area contributed by atoms with Crippen LogP contribution in [0.4, 0.5) is 0 Å². The van der Waals surface area contributed by atoms with Gasteiger partial charge in [-0.25, -0.2) is 0 Å². The largest absolute Gasteiger partial charge is 0.396 e. The SMILES string of the molecule is CC(CO)C(O)C(O)C(O)C(=O)CO. The molecule has 0 heterocycles. The highest BCUT2D eigenvalue weighted by molar-refractivity contribution is 5.84. The number of hydrogen-bond acceptors (Lipinski definition) is 6. The summed E-state index contributed by atoms with van der Waals surface area (Å²) in [6.45, 7) is 0.167. The molecule has 0 rings (SSSR count). The Morgan fingerprint density at radius 1 is 1.14 bits per heavy atom. The molecule has 0 aliphatic rings. The van der Waals surface area contributed by atoms with Crippen LogP contribution in [-0.2, 0) is 4.79 Å². The number of aliphatic hydroxyl groups is 5. The smallest absolute Gasteiger partial charge is 0.189 e. The van der Waals surface area contributed by atoms with E-state index in [4.69, 9.17) is 15.3 Å². The fraction of sp³-hybridized carbons (Fsp3) is 0.875. The number of ketones is 1. The van der Waals surface area contributed by atoms with E-state index in [1.807, 2.05) is 0 Å². The lowest BCUT2D eigenvalue weighted by atomic mass is 9.95. The lowest BCUT2D eigenvalue weighted by Crippen LogP contribution is -2.46. The Balaban J connectivity index is 4.30. The van der Waals surface area contributed by atoms with Gasteiger partial charge in [0.05, 0.1) is 6.10 Å². The lowest BCUT2D eigenvalue weighted by molar-refractivity contribution is -0.144. The van der Waals surface area contributed by atoms with Gasteiger partial charge < -0.3 is 25.5 Å². The Morgan fingerprint density at radius 3 is 2.00 bits per heavy atom. The van der Waals surface area contributed by atoms with E-state index in [0.717, 1.165) is 0 Å². The number of carbonyl (C=O) groups is 1. The summed E-state index contributed by atoms with van der Waals surface area (Å²) in [6, 6.07) is 0. The molecular formula is C8H16O6. The predicted molar refractivity (Wildman–Crippen MR) is 46.4 cm³/mol. The average Bonchev–Trinajstić information content (AvgIpc) is 2.23. The molecule has 0 amide bonds. The van der Waals surface area contributed by atoms with Crippen molar-refractivity contribution in [3.05, 3.63) is 0 Å². The third kappa shape index (κ3) is 3.32. The van der Waals surface area contributed by atoms with Crippen molar-refractivity contribution < 1.29 is 30.3 Å². The first-order valence-corrected chi connectivity index (χ1v) is 4.24. The minimum atomic E-state index is -1.83. The Hall–Kier alpha value is -0.530. The van der Waals surface area contributed by atoms with Crippen LogP contribution in [0.25, 0.3) is 0 Å². The zero-order valence-corrected chi connectivity index (χ0v) is 7.87. The summed E-state index contributed by atoms with van der Waals surface area (Å²) in [7, 11) is 0. The van der Waals surface area contributed by atoms with Gasteiger partial charge in [0, 0.05) is 12.5 Å². The molecule has 0 fully saturated rings. The summed E-state index contributed by atoms with van der Waals surface area (Å²) in [5.74, 6) is -1.63. The summed E-state index contributed by atoms with van der Waals surface area (Å²) in [5, 5.41) is 44.7. The van der Waals surface area contributed by atoms with E-state index in [-0.39, 0.29) is 6.61 Å². The molecule has 0 aromatic heterocycles. The van der Waals surface area contributed by atoms with Gasteiger partial charge in [0.1, 0.15) is 18.8 Å². The number of rotatable bonds is 6. The number of hydrogen-bond donors (Lipinski definition) is 5. The summed E-state index contributed by atoms with van der Waals surface area (Å²) in [6.07, 6.45) is -4.94. The van der Waals surface area contributed by atoms with E-state index in [1.54, 1.807) is 0 Å². The normalized spacial score (nSPS) is 19.9. The highest BCUT2D eigenvalue weighted by atomic mass is 16.4. The maximum Gasteiger partial charge on any atom is 0.189 e. The molecule has 0 spiro atoms. The molecule has 4 unspecified atom stereocenters. The standard InChI is InChI=1S/C8H16O6/c1-4(2-9)6(12)8(14)7(13)5(11)3-10/h4,6-10,12-14H,2-3H2,1H3. The van der Waals surface area contributed by atoms with Crippen molar-refractivity contribution in [2.45, 2.75) is 25.2 Å². The van der Waals surface area contributed by atoms with E-state index >= 15 is 0 Å². The summed E-state index contributed by atoms with van der Waals surface area (Å²) >= 11 is 0. The van der Waals surface area contributed by atoms with E-state index in [0.29, 0.717) is 0 Å². The van der Waals surface area contributed by atoms with Crippen LogP contribution in [0.1, 0.15) is 6.92 Å². The van der Waals surface area contributed by atoms with E-state index in [2.05, 4.69) is 0 Å². The maximum atomic E-state index is 10.7. The highest BCUT2D eigenvalue weighted by Gasteiger charge is 2.32. The number of Topliss-reactive ketones (excluding diaryl/α,β-unsaturated/α-hetero) is 1. The monoisotopic (exact) mass is 208 g/mol. The Bertz CT molecular complexity index is 183. The van der Waals surface area contributed by atoms with Crippen molar-refractivity contribution in [2.24, 2.45) is 5.92 Å². The van der Waals surface area contributed by atoms with Gasteiger partial charge in [-0.1, -0.05) is 6.92 Å². The van der Waals surface area contributed by atoms with Crippen LogP contribution in [0, 0.1) is 5.92 Å². The fourth-order valence-corrected chi connectivity index (χ4v) is 0.915. The van der Waals surface area contributed by atoms with Gasteiger partial charge in [0.15, 0.2) is 5.78 Å². The molecular weight excluding hydrogens is 192 g/mol. The van der Waals surface area contributed by atoms with Crippen LogP contribution in [0.3, 0.4) is 0 Å². The van der Waals surface area contributed by atoms with Crippen LogP contribution in [0.15, 0.2) is 0 Å². The summed E-state index contributed by atoms with van der Waals surface area (Å²) < 4.78 is 0. The van der Waals surface area contributed by atoms with Crippen LogP contribution >= 0.6 is 0 Å². The molecule has 0 saturated heterocycles. The highest BCUT2D eigenvalue weighted by Crippen LogP contribution is 2.10. The van der Waals surface area contributed by atoms with Gasteiger partial charge in [-0.3, -0.25) is 4.79 Å². The van der Waals surface area contributed by atoms with E-state index < -0.39 is 36.6 Å². The number of carbonyl (C=O) groups excluding carboxylic acids is 1. The molecule has 4 atom stereocenters. The first kappa shape index (κ1) is 13.5. The number of aliphatic hydroxyl groups excluding tert-OH is 5. The maximum absolute atomic E-state index is 10.7. The molecule has 0 saturated carbocycles. The molecule has 14 heavy (non-hydrogen) atoms. The minimum absolute atomic E-state index is 0.377. The van der Waals surface area contributed by atoms with Crippen molar-refractivity contribution >= 4 is 5.78 Å². The van der Waals surface area contributed by atoms with Gasteiger partial charge in [0.2, 0.25) is 0 Å². The summed E-state index contributed by atoms with van der Waals surface area (Å²) in [5.41, 5.74) is 0. The van der Waals surface area contributed by atoms with Crippen LogP contribution in [0.5, 0.6) is 0 Å². The molecule has 0 bridgehead atoms. The van der Waals surface area contributed by atoms with Gasteiger partial charge in [-0.05, 0) is 0 Å². The van der Waals surface area contributed by atoms with Gasteiger partial charge >= 0.3 is 0 Å². The van der Waals surface area contributed by atoms with E-state index in [1.165, 1.54) is 6.92 Å². The first-order valence-electron chi connectivity index (χ1n) is 4.24. The Labute approximate surface area is 81.4 Å². The molecule has 6 heteroatoms. The topological polar surface area (TPSA) is 118 Å². The van der Waals surface area contributed by atoms with Gasteiger partial charge in [-0.15, -0.1) is 0 Å².